The highest BCUT2D eigenvalue weighted by Crippen LogP contribution is 2.32. The summed E-state index contributed by atoms with van der Waals surface area (Å²) in [7, 11) is 2.06. The van der Waals surface area contributed by atoms with Crippen molar-refractivity contribution in [2.75, 3.05) is 0 Å². The second-order valence-electron chi connectivity index (χ2n) is 9.82. The SMILES string of the molecule is Cc1cc(C)c(C)c(-c2c3cc(-c4cnc(CC(C)(C)C)cn4)ccc3nc[n+]2C)c1. The van der Waals surface area contributed by atoms with E-state index in [2.05, 4.69) is 93.5 Å². The summed E-state index contributed by atoms with van der Waals surface area (Å²) >= 11 is 0. The van der Waals surface area contributed by atoms with Crippen molar-refractivity contribution < 1.29 is 4.57 Å². The van der Waals surface area contributed by atoms with Crippen molar-refractivity contribution in [1.29, 1.82) is 0 Å². The average Bonchev–Trinajstić information content (AvgIpc) is 2.70. The van der Waals surface area contributed by atoms with Gasteiger partial charge >= 0.3 is 0 Å². The van der Waals surface area contributed by atoms with Crippen LogP contribution in [0, 0.1) is 26.2 Å². The highest BCUT2D eigenvalue weighted by atomic mass is 15.0. The molecular formula is C27H31N4+. The lowest BCUT2D eigenvalue weighted by Gasteiger charge is -2.17. The van der Waals surface area contributed by atoms with E-state index >= 15 is 0 Å². The number of aryl methyl sites for hydroxylation is 3. The molecule has 4 heteroatoms. The molecule has 0 N–H and O–H groups in total. The van der Waals surface area contributed by atoms with Crippen LogP contribution >= 0.6 is 0 Å². The molecule has 158 valence electrons. The summed E-state index contributed by atoms with van der Waals surface area (Å²) in [5.41, 5.74) is 10.4. The lowest BCUT2D eigenvalue weighted by molar-refractivity contribution is -0.662. The quantitative estimate of drug-likeness (QED) is 0.406. The monoisotopic (exact) mass is 411 g/mol. The van der Waals surface area contributed by atoms with Crippen LogP contribution < -0.4 is 4.57 Å². The molecule has 2 aromatic carbocycles. The fraction of sp³-hybridized carbons (Fsp3) is 0.333. The van der Waals surface area contributed by atoms with E-state index < -0.39 is 0 Å². The minimum absolute atomic E-state index is 0.193. The Labute approximate surface area is 185 Å². The summed E-state index contributed by atoms with van der Waals surface area (Å²) in [5.74, 6) is 0. The Bertz CT molecular complexity index is 1270. The molecule has 2 heterocycles. The maximum absolute atomic E-state index is 4.72. The van der Waals surface area contributed by atoms with Crippen molar-refractivity contribution in [3.8, 4) is 22.5 Å². The highest BCUT2D eigenvalue weighted by Gasteiger charge is 2.19. The minimum Gasteiger partial charge on any atom is -0.257 e. The lowest BCUT2D eigenvalue weighted by Crippen LogP contribution is -2.32. The van der Waals surface area contributed by atoms with Crippen molar-refractivity contribution in [3.63, 3.8) is 0 Å². The second-order valence-corrected chi connectivity index (χ2v) is 9.82. The van der Waals surface area contributed by atoms with E-state index in [0.717, 1.165) is 34.3 Å². The molecule has 0 radical (unpaired) electrons. The highest BCUT2D eigenvalue weighted by molar-refractivity contribution is 5.94. The number of rotatable bonds is 3. The van der Waals surface area contributed by atoms with Gasteiger partial charge in [-0.3, -0.25) is 9.97 Å². The topological polar surface area (TPSA) is 42.6 Å². The molecule has 4 rings (SSSR count). The van der Waals surface area contributed by atoms with Gasteiger partial charge in [0, 0.05) is 17.3 Å². The molecule has 0 aliphatic rings. The minimum atomic E-state index is 0.193. The number of fused-ring (bicyclic) bond motifs is 1. The number of hydrogen-bond acceptors (Lipinski definition) is 3. The molecular weight excluding hydrogens is 380 g/mol. The van der Waals surface area contributed by atoms with Crippen LogP contribution in [0.25, 0.3) is 33.4 Å². The van der Waals surface area contributed by atoms with Gasteiger partial charge < -0.3 is 0 Å². The fourth-order valence-corrected chi connectivity index (χ4v) is 4.15. The van der Waals surface area contributed by atoms with E-state index in [-0.39, 0.29) is 5.41 Å². The van der Waals surface area contributed by atoms with Crippen molar-refractivity contribution >= 4 is 10.9 Å². The van der Waals surface area contributed by atoms with Crippen LogP contribution in [0.2, 0.25) is 0 Å². The first-order valence-corrected chi connectivity index (χ1v) is 10.8. The van der Waals surface area contributed by atoms with Crippen molar-refractivity contribution in [2.24, 2.45) is 12.5 Å². The predicted molar refractivity (Wildman–Crippen MR) is 127 cm³/mol. The zero-order chi connectivity index (χ0) is 22.3. The second kappa shape index (κ2) is 7.84. The normalized spacial score (nSPS) is 11.8. The molecule has 0 bridgehead atoms. The summed E-state index contributed by atoms with van der Waals surface area (Å²) < 4.78 is 2.12. The van der Waals surface area contributed by atoms with Gasteiger partial charge in [-0.2, -0.15) is 0 Å². The Balaban J connectivity index is 1.86. The zero-order valence-corrected chi connectivity index (χ0v) is 19.6. The molecule has 0 amide bonds. The van der Waals surface area contributed by atoms with Gasteiger partial charge in [-0.1, -0.05) is 32.4 Å². The smallest absolute Gasteiger partial charge is 0.257 e. The third-order valence-electron chi connectivity index (χ3n) is 5.75. The van der Waals surface area contributed by atoms with E-state index in [1.54, 1.807) is 0 Å². The molecule has 0 unspecified atom stereocenters. The molecule has 31 heavy (non-hydrogen) atoms. The largest absolute Gasteiger partial charge is 0.287 e. The van der Waals surface area contributed by atoms with Crippen LogP contribution in [0.5, 0.6) is 0 Å². The molecule has 0 saturated heterocycles. The van der Waals surface area contributed by atoms with Crippen LogP contribution in [0.4, 0.5) is 0 Å². The average molecular weight is 412 g/mol. The van der Waals surface area contributed by atoms with E-state index in [0.29, 0.717) is 0 Å². The summed E-state index contributed by atoms with van der Waals surface area (Å²) in [5, 5.41) is 1.12. The molecule has 0 fully saturated rings. The molecule has 0 spiro atoms. The van der Waals surface area contributed by atoms with E-state index in [9.17, 15) is 0 Å². The number of hydrogen-bond donors (Lipinski definition) is 0. The fourth-order valence-electron chi connectivity index (χ4n) is 4.15. The molecule has 0 aliphatic carbocycles. The van der Waals surface area contributed by atoms with Gasteiger partial charge in [0.1, 0.15) is 5.69 Å². The zero-order valence-electron chi connectivity index (χ0n) is 19.6. The molecule has 2 aromatic heterocycles. The Kier molecular flexibility index (Phi) is 5.34. The van der Waals surface area contributed by atoms with Crippen LogP contribution in [-0.2, 0) is 13.5 Å². The van der Waals surface area contributed by atoms with Crippen LogP contribution in [0.3, 0.4) is 0 Å². The van der Waals surface area contributed by atoms with Crippen LogP contribution in [0.1, 0.15) is 43.2 Å². The lowest BCUT2D eigenvalue weighted by atomic mass is 9.91. The Morgan fingerprint density at radius 1 is 0.903 bits per heavy atom. The van der Waals surface area contributed by atoms with Gasteiger partial charge in [0.25, 0.3) is 6.33 Å². The molecule has 4 aromatic rings. The third kappa shape index (κ3) is 4.34. The maximum atomic E-state index is 4.72. The van der Waals surface area contributed by atoms with E-state index in [1.807, 2.05) is 18.7 Å². The Morgan fingerprint density at radius 3 is 2.35 bits per heavy atom. The summed E-state index contributed by atoms with van der Waals surface area (Å²) in [6.45, 7) is 13.2. The Morgan fingerprint density at radius 2 is 1.68 bits per heavy atom. The first-order valence-electron chi connectivity index (χ1n) is 10.8. The number of nitrogens with zero attached hydrogens (tertiary/aromatic N) is 4. The summed E-state index contributed by atoms with van der Waals surface area (Å²) in [6, 6.07) is 10.9. The summed E-state index contributed by atoms with van der Waals surface area (Å²) in [6.07, 6.45) is 6.60. The molecule has 0 atom stereocenters. The van der Waals surface area contributed by atoms with Crippen molar-refractivity contribution in [1.82, 2.24) is 15.0 Å². The van der Waals surface area contributed by atoms with E-state index in [4.69, 9.17) is 4.98 Å². The van der Waals surface area contributed by atoms with Gasteiger partial charge in [-0.05, 0) is 73.0 Å². The van der Waals surface area contributed by atoms with Gasteiger partial charge in [-0.15, -0.1) is 0 Å². The van der Waals surface area contributed by atoms with Crippen LogP contribution in [-0.4, -0.2) is 15.0 Å². The third-order valence-corrected chi connectivity index (χ3v) is 5.75. The van der Waals surface area contributed by atoms with Gasteiger partial charge in [0.15, 0.2) is 5.52 Å². The first-order chi connectivity index (χ1) is 14.6. The predicted octanol–water partition coefficient (Wildman–Crippen LogP) is 5.70. The van der Waals surface area contributed by atoms with Crippen LogP contribution in [0.15, 0.2) is 49.1 Å². The first kappa shape index (κ1) is 21.1. The number of benzene rings is 2. The molecule has 4 nitrogen and oxygen atoms in total. The molecule has 0 saturated carbocycles. The maximum Gasteiger partial charge on any atom is 0.287 e. The van der Waals surface area contributed by atoms with Crippen molar-refractivity contribution in [2.45, 2.75) is 48.0 Å². The van der Waals surface area contributed by atoms with Gasteiger partial charge in [0.2, 0.25) is 0 Å². The standard InChI is InChI=1S/C27H31N4/c1-17-10-18(2)19(3)22(11-17)26-23-12-20(8-9-24(23)30-16-31(26)7)25-15-28-21(14-29-25)13-27(4,5)6/h8-12,14-16H,13H2,1-7H3/q+1. The van der Waals surface area contributed by atoms with Gasteiger partial charge in [0.05, 0.1) is 30.0 Å². The number of aromatic nitrogens is 4. The summed E-state index contributed by atoms with van der Waals surface area (Å²) in [4.78, 5) is 14.1. The molecule has 0 aliphatic heterocycles. The van der Waals surface area contributed by atoms with Gasteiger partial charge in [-0.25, -0.2) is 4.57 Å². The van der Waals surface area contributed by atoms with Crippen molar-refractivity contribution in [3.05, 3.63) is 71.4 Å². The Hall–Kier alpha value is -3.14. The van der Waals surface area contributed by atoms with E-state index in [1.165, 1.54) is 27.9 Å².